The molecule has 2 saturated heterocycles. The van der Waals surface area contributed by atoms with Gasteiger partial charge < -0.3 is 19.6 Å². The van der Waals surface area contributed by atoms with Crippen LogP contribution < -0.4 is 9.80 Å². The first-order valence-corrected chi connectivity index (χ1v) is 7.53. The molecule has 6 heteroatoms. The lowest BCUT2D eigenvalue weighted by atomic mass is 10.1. The van der Waals surface area contributed by atoms with Gasteiger partial charge in [-0.1, -0.05) is 0 Å². The molecule has 0 spiro atoms. The Morgan fingerprint density at radius 3 is 2.64 bits per heavy atom. The van der Waals surface area contributed by atoms with Crippen LogP contribution in [0.5, 0.6) is 0 Å². The van der Waals surface area contributed by atoms with Gasteiger partial charge in [-0.3, -0.25) is 9.59 Å². The number of carboxylic acid groups (broad SMARTS) is 1. The SMILES string of the molecule is Cc1cc(N2CCOCC2)ccc1N1CC(C(=O)O)CC1=O. The van der Waals surface area contributed by atoms with Crippen LogP contribution in [0.2, 0.25) is 0 Å². The van der Waals surface area contributed by atoms with Crippen LogP contribution in [0.1, 0.15) is 12.0 Å². The van der Waals surface area contributed by atoms with Crippen molar-refractivity contribution in [1.29, 1.82) is 0 Å². The van der Waals surface area contributed by atoms with E-state index < -0.39 is 11.9 Å². The first-order valence-electron chi connectivity index (χ1n) is 7.53. The van der Waals surface area contributed by atoms with E-state index in [9.17, 15) is 9.59 Å². The lowest BCUT2D eigenvalue weighted by molar-refractivity contribution is -0.141. The van der Waals surface area contributed by atoms with Crippen LogP contribution in [0, 0.1) is 12.8 Å². The molecule has 1 aromatic rings. The Kier molecular flexibility index (Phi) is 4.02. The minimum Gasteiger partial charge on any atom is -0.481 e. The molecule has 2 fully saturated rings. The average Bonchev–Trinajstić information content (AvgIpc) is 2.90. The number of nitrogens with zero attached hydrogens (tertiary/aromatic N) is 2. The molecule has 3 rings (SSSR count). The fourth-order valence-electron chi connectivity index (χ4n) is 3.07. The highest BCUT2D eigenvalue weighted by Gasteiger charge is 2.35. The van der Waals surface area contributed by atoms with Crippen LogP contribution in [-0.2, 0) is 14.3 Å². The maximum atomic E-state index is 12.1. The zero-order valence-electron chi connectivity index (χ0n) is 12.6. The van der Waals surface area contributed by atoms with Crippen molar-refractivity contribution in [2.24, 2.45) is 5.92 Å². The summed E-state index contributed by atoms with van der Waals surface area (Å²) in [6.07, 6.45) is 0.0833. The van der Waals surface area contributed by atoms with E-state index in [4.69, 9.17) is 9.84 Å². The van der Waals surface area contributed by atoms with Gasteiger partial charge in [-0.15, -0.1) is 0 Å². The molecule has 1 N–H and O–H groups in total. The molecule has 2 heterocycles. The van der Waals surface area contributed by atoms with Crippen molar-refractivity contribution in [2.75, 3.05) is 42.6 Å². The molecule has 22 heavy (non-hydrogen) atoms. The second-order valence-electron chi connectivity index (χ2n) is 5.81. The van der Waals surface area contributed by atoms with E-state index in [1.165, 1.54) is 0 Å². The van der Waals surface area contributed by atoms with Crippen LogP contribution in [0.25, 0.3) is 0 Å². The van der Waals surface area contributed by atoms with Crippen molar-refractivity contribution in [1.82, 2.24) is 0 Å². The maximum absolute atomic E-state index is 12.1. The fraction of sp³-hybridized carbons (Fsp3) is 0.500. The van der Waals surface area contributed by atoms with Crippen LogP contribution in [0.4, 0.5) is 11.4 Å². The zero-order valence-corrected chi connectivity index (χ0v) is 12.6. The van der Waals surface area contributed by atoms with E-state index in [0.717, 1.165) is 43.2 Å². The number of rotatable bonds is 3. The number of aryl methyl sites for hydroxylation is 1. The molecule has 0 aliphatic carbocycles. The van der Waals surface area contributed by atoms with Crippen molar-refractivity contribution in [3.05, 3.63) is 23.8 Å². The molecule has 6 nitrogen and oxygen atoms in total. The van der Waals surface area contributed by atoms with Crippen molar-refractivity contribution in [3.8, 4) is 0 Å². The van der Waals surface area contributed by atoms with E-state index in [1.54, 1.807) is 4.90 Å². The van der Waals surface area contributed by atoms with E-state index >= 15 is 0 Å². The van der Waals surface area contributed by atoms with E-state index in [1.807, 2.05) is 19.1 Å². The second-order valence-corrected chi connectivity index (χ2v) is 5.81. The molecule has 0 bridgehead atoms. The molecule has 0 aromatic heterocycles. The number of carbonyl (C=O) groups is 2. The summed E-state index contributed by atoms with van der Waals surface area (Å²) >= 11 is 0. The number of benzene rings is 1. The Bertz CT molecular complexity index is 596. The summed E-state index contributed by atoms with van der Waals surface area (Å²) in [5.74, 6) is -1.63. The van der Waals surface area contributed by atoms with Gasteiger partial charge in [0.25, 0.3) is 0 Å². The Morgan fingerprint density at radius 2 is 2.05 bits per heavy atom. The number of anilines is 2. The van der Waals surface area contributed by atoms with Crippen molar-refractivity contribution < 1.29 is 19.4 Å². The lowest BCUT2D eigenvalue weighted by Crippen LogP contribution is -2.36. The molecule has 2 aliphatic heterocycles. The van der Waals surface area contributed by atoms with Gasteiger partial charge in [0, 0.05) is 37.4 Å². The first-order chi connectivity index (χ1) is 10.6. The first kappa shape index (κ1) is 14.8. The minimum atomic E-state index is -0.904. The fourth-order valence-corrected chi connectivity index (χ4v) is 3.07. The molecule has 0 saturated carbocycles. The Labute approximate surface area is 129 Å². The van der Waals surface area contributed by atoms with Gasteiger partial charge in [-0.05, 0) is 30.7 Å². The summed E-state index contributed by atoms with van der Waals surface area (Å²) in [6, 6.07) is 5.97. The average molecular weight is 304 g/mol. The van der Waals surface area contributed by atoms with Crippen LogP contribution in [0.15, 0.2) is 18.2 Å². The Morgan fingerprint density at radius 1 is 1.32 bits per heavy atom. The minimum absolute atomic E-state index is 0.0833. The summed E-state index contributed by atoms with van der Waals surface area (Å²) in [5, 5.41) is 9.08. The monoisotopic (exact) mass is 304 g/mol. The topological polar surface area (TPSA) is 70.1 Å². The number of hydrogen-bond donors (Lipinski definition) is 1. The molecule has 118 valence electrons. The van der Waals surface area contributed by atoms with Crippen molar-refractivity contribution >= 4 is 23.3 Å². The molecule has 2 aliphatic rings. The van der Waals surface area contributed by atoms with Gasteiger partial charge in [0.05, 0.1) is 19.1 Å². The van der Waals surface area contributed by atoms with Gasteiger partial charge in [0.15, 0.2) is 0 Å². The number of carbonyl (C=O) groups excluding carboxylic acids is 1. The smallest absolute Gasteiger partial charge is 0.308 e. The molecule has 1 atom stereocenters. The van der Waals surface area contributed by atoms with Gasteiger partial charge in [-0.2, -0.15) is 0 Å². The van der Waals surface area contributed by atoms with Crippen molar-refractivity contribution in [3.63, 3.8) is 0 Å². The van der Waals surface area contributed by atoms with Gasteiger partial charge in [0.1, 0.15) is 0 Å². The van der Waals surface area contributed by atoms with E-state index in [-0.39, 0.29) is 18.9 Å². The standard InChI is InChI=1S/C16H20N2O4/c1-11-8-13(17-4-6-22-7-5-17)2-3-14(11)18-10-12(16(20)21)9-15(18)19/h2-3,8,12H,4-7,9-10H2,1H3,(H,20,21). The Balaban J connectivity index is 1.80. The maximum Gasteiger partial charge on any atom is 0.308 e. The summed E-state index contributed by atoms with van der Waals surface area (Å²) in [4.78, 5) is 27.0. The molecule has 1 amide bonds. The molecule has 1 unspecified atom stereocenters. The quantitative estimate of drug-likeness (QED) is 0.910. The molecule has 1 aromatic carbocycles. The third kappa shape index (κ3) is 2.78. The zero-order chi connectivity index (χ0) is 15.7. The van der Waals surface area contributed by atoms with Gasteiger partial charge in [0.2, 0.25) is 5.91 Å². The second kappa shape index (κ2) is 5.96. The summed E-state index contributed by atoms with van der Waals surface area (Å²) < 4.78 is 5.35. The summed E-state index contributed by atoms with van der Waals surface area (Å²) in [6.45, 7) is 5.40. The summed E-state index contributed by atoms with van der Waals surface area (Å²) in [5.41, 5.74) is 2.92. The number of carboxylic acids is 1. The normalized spacial score (nSPS) is 22.2. The highest BCUT2D eigenvalue weighted by molar-refractivity contribution is 5.99. The number of morpholine rings is 1. The number of aliphatic carboxylic acids is 1. The highest BCUT2D eigenvalue weighted by atomic mass is 16.5. The largest absolute Gasteiger partial charge is 0.481 e. The Hall–Kier alpha value is -2.08. The predicted octanol–water partition coefficient (Wildman–Crippen LogP) is 1.27. The number of amides is 1. The number of hydrogen-bond acceptors (Lipinski definition) is 4. The predicted molar refractivity (Wildman–Crippen MR) is 82.3 cm³/mol. The van der Waals surface area contributed by atoms with Crippen LogP contribution >= 0.6 is 0 Å². The lowest BCUT2D eigenvalue weighted by Gasteiger charge is -2.30. The van der Waals surface area contributed by atoms with Crippen LogP contribution in [-0.4, -0.2) is 49.8 Å². The highest BCUT2D eigenvalue weighted by Crippen LogP contribution is 2.31. The van der Waals surface area contributed by atoms with E-state index in [0.29, 0.717) is 0 Å². The third-order valence-corrected chi connectivity index (χ3v) is 4.32. The van der Waals surface area contributed by atoms with E-state index in [2.05, 4.69) is 11.0 Å². The summed E-state index contributed by atoms with van der Waals surface area (Å²) in [7, 11) is 0. The number of ether oxygens (including phenoxy) is 1. The third-order valence-electron chi connectivity index (χ3n) is 4.32. The molecular weight excluding hydrogens is 284 g/mol. The van der Waals surface area contributed by atoms with Crippen molar-refractivity contribution in [2.45, 2.75) is 13.3 Å². The van der Waals surface area contributed by atoms with Crippen LogP contribution in [0.3, 0.4) is 0 Å². The molecular formula is C16H20N2O4. The molecule has 0 radical (unpaired) electrons. The van der Waals surface area contributed by atoms with Gasteiger partial charge in [-0.25, -0.2) is 0 Å². The van der Waals surface area contributed by atoms with Gasteiger partial charge >= 0.3 is 5.97 Å².